The topological polar surface area (TPSA) is 40.5 Å². The number of carbonyl (C=O) groups is 1. The summed E-state index contributed by atoms with van der Waals surface area (Å²) in [5.41, 5.74) is 0.537. The molecular weight excluding hydrogens is 233 g/mol. The van der Waals surface area contributed by atoms with Crippen molar-refractivity contribution < 1.29 is 14.3 Å². The van der Waals surface area contributed by atoms with Crippen molar-refractivity contribution in [1.29, 1.82) is 0 Å². The number of ketones is 1. The molecule has 0 radical (unpaired) electrons. The zero-order chi connectivity index (χ0) is 13.1. The normalized spacial score (nSPS) is 19.7. The average Bonchev–Trinajstić information content (AvgIpc) is 2.39. The second kappa shape index (κ2) is 5.59. The molecule has 1 saturated heterocycles. The van der Waals surface area contributed by atoms with E-state index in [2.05, 4.69) is 4.90 Å². The first-order chi connectivity index (χ1) is 8.58. The Hall–Kier alpha value is -1.26. The van der Waals surface area contributed by atoms with E-state index in [1.165, 1.54) is 24.3 Å². The number of halogens is 1. The summed E-state index contributed by atoms with van der Waals surface area (Å²) in [6, 6.07) is 5.43. The van der Waals surface area contributed by atoms with Gasteiger partial charge in [0.2, 0.25) is 0 Å². The van der Waals surface area contributed by atoms with E-state index in [0.29, 0.717) is 18.4 Å². The second-order valence-corrected chi connectivity index (χ2v) is 4.81. The molecule has 0 amide bonds. The molecule has 0 bridgehead atoms. The number of piperidine rings is 1. The molecule has 1 heterocycles. The molecule has 1 aliphatic heterocycles. The van der Waals surface area contributed by atoms with E-state index in [1.807, 2.05) is 6.92 Å². The molecule has 1 aromatic carbocycles. The number of Topliss-reactive ketones (excluding diaryl/α,β-unsaturated/α-hetero) is 1. The third-order valence-corrected chi connectivity index (χ3v) is 3.55. The molecule has 1 atom stereocenters. The highest BCUT2D eigenvalue weighted by atomic mass is 19.1. The van der Waals surface area contributed by atoms with E-state index < -0.39 is 0 Å². The fourth-order valence-corrected chi connectivity index (χ4v) is 2.29. The van der Waals surface area contributed by atoms with Crippen molar-refractivity contribution in [3.05, 3.63) is 35.6 Å². The van der Waals surface area contributed by atoms with Crippen LogP contribution in [0, 0.1) is 5.82 Å². The lowest BCUT2D eigenvalue weighted by Crippen LogP contribution is -2.45. The van der Waals surface area contributed by atoms with Crippen LogP contribution in [0.2, 0.25) is 0 Å². The van der Waals surface area contributed by atoms with Crippen LogP contribution in [0.3, 0.4) is 0 Å². The summed E-state index contributed by atoms with van der Waals surface area (Å²) in [5, 5.41) is 9.44. The predicted molar refractivity (Wildman–Crippen MR) is 67.0 cm³/mol. The quantitative estimate of drug-likeness (QED) is 0.833. The first kappa shape index (κ1) is 13.2. The molecule has 4 heteroatoms. The molecule has 1 fully saturated rings. The van der Waals surface area contributed by atoms with Crippen LogP contribution >= 0.6 is 0 Å². The zero-order valence-electron chi connectivity index (χ0n) is 10.5. The molecule has 0 aromatic heterocycles. The lowest BCUT2D eigenvalue weighted by atomic mass is 10.0. The Morgan fingerprint density at radius 3 is 2.44 bits per heavy atom. The largest absolute Gasteiger partial charge is 0.393 e. The summed E-state index contributed by atoms with van der Waals surface area (Å²) in [6.07, 6.45) is 1.18. The van der Waals surface area contributed by atoms with E-state index in [-0.39, 0.29) is 23.7 Å². The minimum Gasteiger partial charge on any atom is -0.393 e. The summed E-state index contributed by atoms with van der Waals surface area (Å²) < 4.78 is 12.8. The van der Waals surface area contributed by atoms with Crippen molar-refractivity contribution in [3.63, 3.8) is 0 Å². The maximum absolute atomic E-state index is 12.8. The van der Waals surface area contributed by atoms with Gasteiger partial charge in [0.15, 0.2) is 5.78 Å². The second-order valence-electron chi connectivity index (χ2n) is 4.81. The van der Waals surface area contributed by atoms with E-state index in [4.69, 9.17) is 0 Å². The molecule has 98 valence electrons. The zero-order valence-corrected chi connectivity index (χ0v) is 10.5. The van der Waals surface area contributed by atoms with E-state index in [1.54, 1.807) is 0 Å². The smallest absolute Gasteiger partial charge is 0.179 e. The lowest BCUT2D eigenvalue weighted by molar-refractivity contribution is 0.0549. The summed E-state index contributed by atoms with van der Waals surface area (Å²) in [7, 11) is 0. The Morgan fingerprint density at radius 1 is 1.33 bits per heavy atom. The van der Waals surface area contributed by atoms with Gasteiger partial charge in [-0.1, -0.05) is 0 Å². The maximum Gasteiger partial charge on any atom is 0.179 e. The Labute approximate surface area is 106 Å². The minimum atomic E-state index is -0.333. The molecule has 1 aliphatic rings. The predicted octanol–water partition coefficient (Wildman–Crippen LogP) is 1.85. The van der Waals surface area contributed by atoms with Gasteiger partial charge in [0, 0.05) is 18.7 Å². The van der Waals surface area contributed by atoms with Crippen molar-refractivity contribution in [2.45, 2.75) is 31.9 Å². The van der Waals surface area contributed by atoms with Gasteiger partial charge in [0.1, 0.15) is 5.82 Å². The molecule has 0 saturated carbocycles. The Morgan fingerprint density at radius 2 is 1.89 bits per heavy atom. The third kappa shape index (κ3) is 2.94. The van der Waals surface area contributed by atoms with E-state index in [0.717, 1.165) is 13.1 Å². The number of hydrogen-bond donors (Lipinski definition) is 1. The summed E-state index contributed by atoms with van der Waals surface area (Å²) in [6.45, 7) is 3.33. The molecular formula is C14H18FNO2. The number of benzene rings is 1. The number of rotatable bonds is 3. The molecule has 2 rings (SSSR count). The van der Waals surface area contributed by atoms with E-state index in [9.17, 15) is 14.3 Å². The van der Waals surface area contributed by atoms with Crippen molar-refractivity contribution in [3.8, 4) is 0 Å². The van der Waals surface area contributed by atoms with Crippen LogP contribution in [0.15, 0.2) is 24.3 Å². The monoisotopic (exact) mass is 251 g/mol. The first-order valence-electron chi connectivity index (χ1n) is 6.30. The Balaban J connectivity index is 2.02. The minimum absolute atomic E-state index is 0.00592. The summed E-state index contributed by atoms with van der Waals surface area (Å²) >= 11 is 0. The van der Waals surface area contributed by atoms with Crippen LogP contribution in [0.25, 0.3) is 0 Å². The molecule has 3 nitrogen and oxygen atoms in total. The number of nitrogens with zero attached hydrogens (tertiary/aromatic N) is 1. The molecule has 1 unspecified atom stereocenters. The number of aliphatic hydroxyl groups excluding tert-OH is 1. The molecule has 18 heavy (non-hydrogen) atoms. The molecule has 1 aromatic rings. The SMILES string of the molecule is CC(C(=O)c1ccc(F)cc1)N1CCC(O)CC1. The summed E-state index contributed by atoms with van der Waals surface area (Å²) in [5.74, 6) is -0.327. The highest BCUT2D eigenvalue weighted by Crippen LogP contribution is 2.16. The highest BCUT2D eigenvalue weighted by Gasteiger charge is 2.26. The molecule has 1 N–H and O–H groups in total. The van der Waals surface area contributed by atoms with Crippen LogP contribution in [-0.4, -0.2) is 41.0 Å². The van der Waals surface area contributed by atoms with Gasteiger partial charge in [0.05, 0.1) is 12.1 Å². The lowest BCUT2D eigenvalue weighted by Gasteiger charge is -2.33. The van der Waals surface area contributed by atoms with Crippen LogP contribution in [0.1, 0.15) is 30.1 Å². The Bertz CT molecular complexity index is 410. The third-order valence-electron chi connectivity index (χ3n) is 3.55. The van der Waals surface area contributed by atoms with Crippen LogP contribution in [0.5, 0.6) is 0 Å². The van der Waals surface area contributed by atoms with Crippen molar-refractivity contribution >= 4 is 5.78 Å². The highest BCUT2D eigenvalue weighted by molar-refractivity contribution is 5.99. The van der Waals surface area contributed by atoms with Crippen molar-refractivity contribution in [2.24, 2.45) is 0 Å². The van der Waals surface area contributed by atoms with Crippen molar-refractivity contribution in [1.82, 2.24) is 4.90 Å². The number of hydrogen-bond acceptors (Lipinski definition) is 3. The average molecular weight is 251 g/mol. The maximum atomic E-state index is 12.8. The van der Waals surface area contributed by atoms with Crippen LogP contribution in [-0.2, 0) is 0 Å². The number of aliphatic hydroxyl groups is 1. The summed E-state index contributed by atoms with van der Waals surface area (Å²) in [4.78, 5) is 14.3. The standard InChI is InChI=1S/C14H18FNO2/c1-10(16-8-6-13(17)7-9-16)14(18)11-2-4-12(15)5-3-11/h2-5,10,13,17H,6-9H2,1H3. The van der Waals surface area contributed by atoms with E-state index >= 15 is 0 Å². The molecule has 0 spiro atoms. The fraction of sp³-hybridized carbons (Fsp3) is 0.500. The van der Waals surface area contributed by atoms with Gasteiger partial charge < -0.3 is 5.11 Å². The van der Waals surface area contributed by atoms with Gasteiger partial charge in [-0.2, -0.15) is 0 Å². The van der Waals surface area contributed by atoms with Gasteiger partial charge in [-0.15, -0.1) is 0 Å². The van der Waals surface area contributed by atoms with Crippen LogP contribution in [0.4, 0.5) is 4.39 Å². The number of likely N-dealkylation sites (tertiary alicyclic amines) is 1. The van der Waals surface area contributed by atoms with Gasteiger partial charge in [-0.05, 0) is 44.0 Å². The first-order valence-corrected chi connectivity index (χ1v) is 6.30. The van der Waals surface area contributed by atoms with Gasteiger partial charge in [0.25, 0.3) is 0 Å². The van der Waals surface area contributed by atoms with Gasteiger partial charge in [-0.25, -0.2) is 4.39 Å². The van der Waals surface area contributed by atoms with Crippen molar-refractivity contribution in [2.75, 3.05) is 13.1 Å². The molecule has 0 aliphatic carbocycles. The van der Waals surface area contributed by atoms with Crippen LogP contribution < -0.4 is 0 Å². The Kier molecular flexibility index (Phi) is 4.09. The van der Waals surface area contributed by atoms with Gasteiger partial charge in [-0.3, -0.25) is 9.69 Å². The number of carbonyl (C=O) groups excluding carboxylic acids is 1. The fourth-order valence-electron chi connectivity index (χ4n) is 2.29. The van der Waals surface area contributed by atoms with Gasteiger partial charge >= 0.3 is 0 Å².